The van der Waals surface area contributed by atoms with Gasteiger partial charge in [0, 0.05) is 37.2 Å². The molecule has 0 radical (unpaired) electrons. The molecule has 1 atom stereocenters. The number of thioether (sulfide) groups is 1. The van der Waals surface area contributed by atoms with Crippen molar-refractivity contribution in [1.29, 1.82) is 0 Å². The van der Waals surface area contributed by atoms with Crippen LogP contribution in [0, 0.1) is 13.8 Å². The summed E-state index contributed by atoms with van der Waals surface area (Å²) in [6, 6.07) is 10.6. The number of amides is 1. The summed E-state index contributed by atoms with van der Waals surface area (Å²) < 4.78 is 1.90. The summed E-state index contributed by atoms with van der Waals surface area (Å²) >= 11 is 1.93. The normalized spacial score (nSPS) is 18.0. The van der Waals surface area contributed by atoms with Crippen molar-refractivity contribution in [2.24, 2.45) is 7.05 Å². The van der Waals surface area contributed by atoms with E-state index in [-0.39, 0.29) is 11.9 Å². The van der Waals surface area contributed by atoms with Gasteiger partial charge in [-0.3, -0.25) is 9.48 Å². The molecule has 0 bridgehead atoms. The molecule has 1 aromatic carbocycles. The lowest BCUT2D eigenvalue weighted by Gasteiger charge is -2.36. The maximum absolute atomic E-state index is 12.9. The Balaban J connectivity index is 1.70. The summed E-state index contributed by atoms with van der Waals surface area (Å²) in [6.07, 6.45) is 1.33. The maximum Gasteiger partial charge on any atom is 0.223 e. The summed E-state index contributed by atoms with van der Waals surface area (Å²) in [6.45, 7) is 4.94. The standard InChI is InChI=1S/C19H25N3OS/c1-14-17(15(2)21(3)20-14)9-10-19(23)22-11-12-24-13-18(22)16-7-5-4-6-8-16/h4-8,18H,9-13H2,1-3H3/t18-/m0/s1. The van der Waals surface area contributed by atoms with E-state index in [1.54, 1.807) is 0 Å². The van der Waals surface area contributed by atoms with Crippen LogP contribution in [0.25, 0.3) is 0 Å². The van der Waals surface area contributed by atoms with Crippen LogP contribution in [0.3, 0.4) is 0 Å². The van der Waals surface area contributed by atoms with Gasteiger partial charge in [-0.25, -0.2) is 0 Å². The van der Waals surface area contributed by atoms with Crippen molar-refractivity contribution in [3.8, 4) is 0 Å². The van der Waals surface area contributed by atoms with Crippen LogP contribution in [0.15, 0.2) is 30.3 Å². The Morgan fingerprint density at radius 2 is 2.04 bits per heavy atom. The second-order valence-corrected chi connectivity index (χ2v) is 7.51. The molecule has 1 aliphatic heterocycles. The number of hydrogen-bond donors (Lipinski definition) is 0. The zero-order chi connectivity index (χ0) is 17.1. The maximum atomic E-state index is 12.9. The third-order valence-corrected chi connectivity index (χ3v) is 5.90. The molecule has 24 heavy (non-hydrogen) atoms. The molecule has 1 saturated heterocycles. The van der Waals surface area contributed by atoms with Crippen LogP contribution in [0.5, 0.6) is 0 Å². The van der Waals surface area contributed by atoms with Crippen molar-refractivity contribution in [2.45, 2.75) is 32.7 Å². The molecule has 2 aromatic rings. The van der Waals surface area contributed by atoms with Gasteiger partial charge in [0.2, 0.25) is 5.91 Å². The Morgan fingerprint density at radius 1 is 1.29 bits per heavy atom. The molecule has 0 aliphatic carbocycles. The fraction of sp³-hybridized carbons (Fsp3) is 0.474. The predicted molar refractivity (Wildman–Crippen MR) is 99.2 cm³/mol. The minimum absolute atomic E-state index is 0.202. The number of aryl methyl sites for hydroxylation is 2. The first-order chi connectivity index (χ1) is 11.6. The van der Waals surface area contributed by atoms with Gasteiger partial charge in [-0.15, -0.1) is 0 Å². The highest BCUT2D eigenvalue weighted by Crippen LogP contribution is 2.30. The SMILES string of the molecule is Cc1nn(C)c(C)c1CCC(=O)N1CCSC[C@H]1c1ccccc1. The largest absolute Gasteiger partial charge is 0.334 e. The first-order valence-corrected chi connectivity index (χ1v) is 9.64. The molecule has 0 saturated carbocycles. The van der Waals surface area contributed by atoms with Gasteiger partial charge in [-0.2, -0.15) is 16.9 Å². The average Bonchev–Trinajstić information content (AvgIpc) is 2.85. The number of carbonyl (C=O) groups is 1. The minimum Gasteiger partial charge on any atom is -0.334 e. The molecule has 1 aliphatic rings. The molecular formula is C19H25N3OS. The van der Waals surface area contributed by atoms with Crippen LogP contribution in [-0.4, -0.2) is 38.6 Å². The number of aromatic nitrogens is 2. The van der Waals surface area contributed by atoms with Crippen molar-refractivity contribution >= 4 is 17.7 Å². The van der Waals surface area contributed by atoms with Crippen LogP contribution >= 0.6 is 11.8 Å². The summed E-state index contributed by atoms with van der Waals surface area (Å²) in [5.41, 5.74) is 4.66. The molecular weight excluding hydrogens is 318 g/mol. The van der Waals surface area contributed by atoms with E-state index in [1.807, 2.05) is 36.5 Å². The van der Waals surface area contributed by atoms with Gasteiger partial charge < -0.3 is 4.90 Å². The second-order valence-electron chi connectivity index (χ2n) is 6.36. The summed E-state index contributed by atoms with van der Waals surface area (Å²) in [5.74, 6) is 2.27. The van der Waals surface area contributed by atoms with Crippen molar-refractivity contribution in [1.82, 2.24) is 14.7 Å². The van der Waals surface area contributed by atoms with Gasteiger partial charge in [0.05, 0.1) is 11.7 Å². The number of nitrogens with zero attached hydrogens (tertiary/aromatic N) is 3. The lowest BCUT2D eigenvalue weighted by Crippen LogP contribution is -2.40. The summed E-state index contributed by atoms with van der Waals surface area (Å²) in [5, 5.41) is 4.45. The van der Waals surface area contributed by atoms with E-state index in [0.29, 0.717) is 6.42 Å². The van der Waals surface area contributed by atoms with E-state index < -0.39 is 0 Å². The van der Waals surface area contributed by atoms with Crippen molar-refractivity contribution in [3.63, 3.8) is 0 Å². The third kappa shape index (κ3) is 3.51. The monoisotopic (exact) mass is 343 g/mol. The van der Waals surface area contributed by atoms with Gasteiger partial charge >= 0.3 is 0 Å². The molecule has 1 amide bonds. The fourth-order valence-corrected chi connectivity index (χ4v) is 4.50. The molecule has 3 rings (SSSR count). The van der Waals surface area contributed by atoms with E-state index in [4.69, 9.17) is 0 Å². The number of benzene rings is 1. The third-order valence-electron chi connectivity index (χ3n) is 4.88. The fourth-order valence-electron chi connectivity index (χ4n) is 3.41. The van der Waals surface area contributed by atoms with Crippen LogP contribution in [0.1, 0.15) is 35.0 Å². The highest BCUT2D eigenvalue weighted by molar-refractivity contribution is 7.99. The number of carbonyl (C=O) groups excluding carboxylic acids is 1. The lowest BCUT2D eigenvalue weighted by atomic mass is 10.0. The molecule has 5 heteroatoms. The Labute approximate surface area is 148 Å². The smallest absolute Gasteiger partial charge is 0.223 e. The highest BCUT2D eigenvalue weighted by Gasteiger charge is 2.28. The van der Waals surface area contributed by atoms with E-state index in [0.717, 1.165) is 35.9 Å². The van der Waals surface area contributed by atoms with E-state index in [1.165, 1.54) is 11.1 Å². The summed E-state index contributed by atoms with van der Waals surface area (Å²) in [4.78, 5) is 15.0. The Bertz CT molecular complexity index is 711. The molecule has 0 spiro atoms. The van der Waals surface area contributed by atoms with Crippen molar-refractivity contribution in [2.75, 3.05) is 18.1 Å². The summed E-state index contributed by atoms with van der Waals surface area (Å²) in [7, 11) is 1.96. The van der Waals surface area contributed by atoms with Gasteiger partial charge in [0.15, 0.2) is 0 Å². The average molecular weight is 343 g/mol. The first kappa shape index (κ1) is 17.1. The van der Waals surface area contributed by atoms with Gasteiger partial charge in [0.25, 0.3) is 0 Å². The molecule has 0 N–H and O–H groups in total. The molecule has 2 heterocycles. The predicted octanol–water partition coefficient (Wildman–Crippen LogP) is 3.29. The number of rotatable bonds is 4. The molecule has 1 aromatic heterocycles. The molecule has 0 unspecified atom stereocenters. The van der Waals surface area contributed by atoms with E-state index in [9.17, 15) is 4.79 Å². The Hall–Kier alpha value is -1.75. The Morgan fingerprint density at radius 3 is 2.71 bits per heavy atom. The van der Waals surface area contributed by atoms with Gasteiger partial charge in [0.1, 0.15) is 0 Å². The zero-order valence-corrected chi connectivity index (χ0v) is 15.5. The van der Waals surface area contributed by atoms with Crippen LogP contribution in [0.4, 0.5) is 0 Å². The van der Waals surface area contributed by atoms with E-state index in [2.05, 4.69) is 41.2 Å². The zero-order valence-electron chi connectivity index (χ0n) is 14.7. The lowest BCUT2D eigenvalue weighted by molar-refractivity contribution is -0.133. The minimum atomic E-state index is 0.202. The molecule has 128 valence electrons. The molecule has 4 nitrogen and oxygen atoms in total. The van der Waals surface area contributed by atoms with Crippen molar-refractivity contribution < 1.29 is 4.79 Å². The quantitative estimate of drug-likeness (QED) is 0.855. The molecule has 1 fully saturated rings. The van der Waals surface area contributed by atoms with Gasteiger partial charge in [-0.1, -0.05) is 30.3 Å². The second kappa shape index (κ2) is 7.43. The Kier molecular flexibility index (Phi) is 5.29. The topological polar surface area (TPSA) is 38.1 Å². The van der Waals surface area contributed by atoms with E-state index >= 15 is 0 Å². The van der Waals surface area contributed by atoms with Crippen LogP contribution < -0.4 is 0 Å². The van der Waals surface area contributed by atoms with Crippen LogP contribution in [0.2, 0.25) is 0 Å². The first-order valence-electron chi connectivity index (χ1n) is 8.49. The highest BCUT2D eigenvalue weighted by atomic mass is 32.2. The van der Waals surface area contributed by atoms with Gasteiger partial charge in [-0.05, 0) is 31.4 Å². The van der Waals surface area contributed by atoms with Crippen LogP contribution in [-0.2, 0) is 18.3 Å². The van der Waals surface area contributed by atoms with Crippen molar-refractivity contribution in [3.05, 3.63) is 52.8 Å². The number of hydrogen-bond acceptors (Lipinski definition) is 3.